The number of amides is 1. The molecule has 0 aliphatic rings. The van der Waals surface area contributed by atoms with Crippen molar-refractivity contribution in [2.24, 2.45) is 0 Å². The number of nitrogens with one attached hydrogen (secondary N) is 1. The quantitative estimate of drug-likeness (QED) is 0.760. The van der Waals surface area contributed by atoms with Crippen molar-refractivity contribution in [3.63, 3.8) is 0 Å². The van der Waals surface area contributed by atoms with Crippen LogP contribution in [0.25, 0.3) is 5.69 Å². The van der Waals surface area contributed by atoms with E-state index < -0.39 is 0 Å². The van der Waals surface area contributed by atoms with Gasteiger partial charge in [0.15, 0.2) is 0 Å². The molecule has 0 atom stereocenters. The number of hydrogen-bond acceptors (Lipinski definition) is 5. The average Bonchev–Trinajstić information content (AvgIpc) is 3.14. The van der Waals surface area contributed by atoms with Gasteiger partial charge in [-0.1, -0.05) is 36.8 Å². The van der Waals surface area contributed by atoms with Crippen LogP contribution in [0.3, 0.4) is 0 Å². The van der Waals surface area contributed by atoms with Crippen LogP contribution in [0.4, 0.5) is 5.13 Å². The molecule has 24 heavy (non-hydrogen) atoms. The number of aryl methyl sites for hydroxylation is 1. The van der Waals surface area contributed by atoms with Crippen LogP contribution in [-0.2, 0) is 0 Å². The van der Waals surface area contributed by atoms with Gasteiger partial charge in [-0.25, -0.2) is 4.68 Å². The van der Waals surface area contributed by atoms with E-state index in [1.165, 1.54) is 11.3 Å². The van der Waals surface area contributed by atoms with Gasteiger partial charge >= 0.3 is 0 Å². The first kappa shape index (κ1) is 16.6. The molecule has 2 aromatic heterocycles. The summed E-state index contributed by atoms with van der Waals surface area (Å²) >= 11 is 7.28. The second-order valence-electron chi connectivity index (χ2n) is 5.57. The minimum atomic E-state index is -0.241. The summed E-state index contributed by atoms with van der Waals surface area (Å²) in [7, 11) is 0. The molecule has 1 aromatic carbocycles. The number of carbonyl (C=O) groups is 1. The number of halogens is 1. The van der Waals surface area contributed by atoms with Crippen LogP contribution in [0.15, 0.2) is 30.5 Å². The second kappa shape index (κ2) is 6.70. The minimum Gasteiger partial charge on any atom is -0.296 e. The van der Waals surface area contributed by atoms with Crippen LogP contribution in [0.2, 0.25) is 5.02 Å². The number of rotatable bonds is 4. The molecule has 0 saturated heterocycles. The number of carbonyl (C=O) groups excluding carboxylic acids is 1. The summed E-state index contributed by atoms with van der Waals surface area (Å²) in [5.41, 5.74) is 2.21. The molecule has 2 heterocycles. The summed E-state index contributed by atoms with van der Waals surface area (Å²) in [5.74, 6) is -0.129. The van der Waals surface area contributed by atoms with Gasteiger partial charge in [-0.15, -0.1) is 10.2 Å². The summed E-state index contributed by atoms with van der Waals surface area (Å²) in [4.78, 5) is 12.6. The van der Waals surface area contributed by atoms with E-state index in [0.717, 1.165) is 16.4 Å². The fourth-order valence-electron chi connectivity index (χ4n) is 2.39. The highest BCUT2D eigenvalue weighted by Gasteiger charge is 2.21. The number of nitrogens with zero attached hydrogens (tertiary/aromatic N) is 4. The zero-order chi connectivity index (χ0) is 17.3. The smallest absolute Gasteiger partial charge is 0.260 e. The second-order valence-corrected chi connectivity index (χ2v) is 7.18. The van der Waals surface area contributed by atoms with Gasteiger partial charge < -0.3 is 0 Å². The Morgan fingerprint density at radius 1 is 1.25 bits per heavy atom. The average molecular weight is 362 g/mol. The molecule has 0 bridgehead atoms. The van der Waals surface area contributed by atoms with E-state index in [1.807, 2.05) is 32.9 Å². The summed E-state index contributed by atoms with van der Waals surface area (Å²) in [5, 5.41) is 16.9. The number of aromatic nitrogens is 4. The van der Waals surface area contributed by atoms with Gasteiger partial charge in [-0.2, -0.15) is 5.10 Å². The maximum Gasteiger partial charge on any atom is 0.260 e. The zero-order valence-corrected chi connectivity index (χ0v) is 15.0. The minimum absolute atomic E-state index is 0.111. The highest BCUT2D eigenvalue weighted by atomic mass is 35.5. The number of anilines is 1. The number of hydrogen-bond donors (Lipinski definition) is 1. The first-order chi connectivity index (χ1) is 11.5. The standard InChI is InChI=1S/C16H16ClN5OS/c1-9(2)14-13(15(23)19-16-21-20-10(3)24-16)8-18-22(14)12-6-4-11(17)5-7-12/h4-9H,1-3H3,(H,19,21,23). The van der Waals surface area contributed by atoms with Gasteiger partial charge in [0.1, 0.15) is 5.01 Å². The Hall–Kier alpha value is -2.25. The van der Waals surface area contributed by atoms with E-state index in [0.29, 0.717) is 15.7 Å². The van der Waals surface area contributed by atoms with Gasteiger partial charge in [0.2, 0.25) is 5.13 Å². The fraction of sp³-hybridized carbons (Fsp3) is 0.250. The zero-order valence-electron chi connectivity index (χ0n) is 13.4. The molecule has 124 valence electrons. The maximum atomic E-state index is 12.6. The highest BCUT2D eigenvalue weighted by molar-refractivity contribution is 7.15. The first-order valence-corrected chi connectivity index (χ1v) is 8.60. The molecule has 0 unspecified atom stereocenters. The van der Waals surface area contributed by atoms with Gasteiger partial charge in [0.05, 0.1) is 23.1 Å². The van der Waals surface area contributed by atoms with Crippen LogP contribution in [-0.4, -0.2) is 25.9 Å². The lowest BCUT2D eigenvalue weighted by Crippen LogP contribution is -2.15. The lowest BCUT2D eigenvalue weighted by molar-refractivity contribution is 0.102. The van der Waals surface area contributed by atoms with Crippen LogP contribution in [0, 0.1) is 6.92 Å². The summed E-state index contributed by atoms with van der Waals surface area (Å²) in [6, 6.07) is 7.34. The third kappa shape index (κ3) is 3.32. The Bertz CT molecular complexity index is 869. The Balaban J connectivity index is 1.96. The Morgan fingerprint density at radius 2 is 1.96 bits per heavy atom. The van der Waals surface area contributed by atoms with Crippen LogP contribution >= 0.6 is 22.9 Å². The Kier molecular flexibility index (Phi) is 4.64. The molecule has 1 amide bonds. The van der Waals surface area contributed by atoms with Gasteiger partial charge in [0, 0.05) is 5.02 Å². The van der Waals surface area contributed by atoms with E-state index in [4.69, 9.17) is 11.6 Å². The van der Waals surface area contributed by atoms with Crippen molar-refractivity contribution in [3.8, 4) is 5.69 Å². The molecule has 0 spiro atoms. The molecule has 0 fully saturated rings. The van der Waals surface area contributed by atoms with Crippen molar-refractivity contribution >= 4 is 34.0 Å². The SMILES string of the molecule is Cc1nnc(NC(=O)c2cnn(-c3ccc(Cl)cc3)c2C(C)C)s1. The highest BCUT2D eigenvalue weighted by Crippen LogP contribution is 2.25. The molecule has 0 aliphatic heterocycles. The Labute approximate surface area is 148 Å². The van der Waals surface area contributed by atoms with E-state index in [-0.39, 0.29) is 11.8 Å². The van der Waals surface area contributed by atoms with E-state index in [1.54, 1.807) is 23.0 Å². The third-order valence-corrected chi connectivity index (χ3v) is 4.42. The predicted molar refractivity (Wildman–Crippen MR) is 95.3 cm³/mol. The molecule has 0 saturated carbocycles. The molecular weight excluding hydrogens is 346 g/mol. The van der Waals surface area contributed by atoms with Crippen LogP contribution < -0.4 is 5.32 Å². The van der Waals surface area contributed by atoms with Crippen molar-refractivity contribution < 1.29 is 4.79 Å². The first-order valence-electron chi connectivity index (χ1n) is 7.41. The summed E-state index contributed by atoms with van der Waals surface area (Å²) < 4.78 is 1.77. The lowest BCUT2D eigenvalue weighted by atomic mass is 10.1. The maximum absolute atomic E-state index is 12.6. The lowest BCUT2D eigenvalue weighted by Gasteiger charge is -2.12. The van der Waals surface area contributed by atoms with Crippen LogP contribution in [0.5, 0.6) is 0 Å². The van der Waals surface area contributed by atoms with Gasteiger partial charge in [-0.05, 0) is 37.1 Å². The monoisotopic (exact) mass is 361 g/mol. The molecular formula is C16H16ClN5OS. The molecule has 3 aromatic rings. The molecule has 3 rings (SSSR count). The van der Waals surface area contributed by atoms with E-state index in [9.17, 15) is 4.79 Å². The molecule has 6 nitrogen and oxygen atoms in total. The predicted octanol–water partition coefficient (Wildman–Crippen LogP) is 4.06. The topological polar surface area (TPSA) is 72.7 Å². The number of benzene rings is 1. The molecule has 0 radical (unpaired) electrons. The molecule has 0 aliphatic carbocycles. The molecule has 8 heteroatoms. The van der Waals surface area contributed by atoms with Crippen molar-refractivity contribution in [3.05, 3.63) is 51.7 Å². The third-order valence-electron chi connectivity index (χ3n) is 3.42. The summed E-state index contributed by atoms with van der Waals surface area (Å²) in [6.45, 7) is 5.88. The fourth-order valence-corrected chi connectivity index (χ4v) is 3.10. The molecule has 1 N–H and O–H groups in total. The Morgan fingerprint density at radius 3 is 2.54 bits per heavy atom. The van der Waals surface area contributed by atoms with Gasteiger partial charge in [0.25, 0.3) is 5.91 Å². The van der Waals surface area contributed by atoms with Crippen molar-refractivity contribution in [2.45, 2.75) is 26.7 Å². The van der Waals surface area contributed by atoms with Gasteiger partial charge in [-0.3, -0.25) is 10.1 Å². The van der Waals surface area contributed by atoms with E-state index >= 15 is 0 Å². The van der Waals surface area contributed by atoms with E-state index in [2.05, 4.69) is 20.6 Å². The van der Waals surface area contributed by atoms with Crippen molar-refractivity contribution in [2.75, 3.05) is 5.32 Å². The van der Waals surface area contributed by atoms with Crippen molar-refractivity contribution in [1.29, 1.82) is 0 Å². The van der Waals surface area contributed by atoms with Crippen molar-refractivity contribution in [1.82, 2.24) is 20.0 Å². The van der Waals surface area contributed by atoms with Crippen LogP contribution in [0.1, 0.15) is 40.8 Å². The normalized spacial score (nSPS) is 11.0. The summed E-state index contributed by atoms with van der Waals surface area (Å²) in [6.07, 6.45) is 1.58. The largest absolute Gasteiger partial charge is 0.296 e.